The molecule has 1 unspecified atom stereocenters. The lowest BCUT2D eigenvalue weighted by molar-refractivity contribution is 0.349. The van der Waals surface area contributed by atoms with Gasteiger partial charge in [0.1, 0.15) is 6.61 Å². The van der Waals surface area contributed by atoms with Gasteiger partial charge in [-0.05, 0) is 24.3 Å². The number of nitrogens with two attached hydrogens (primary N) is 2. The molecule has 1 aromatic heterocycles. The molecule has 0 saturated carbocycles. The quantitative estimate of drug-likeness (QED) is 0.403. The summed E-state index contributed by atoms with van der Waals surface area (Å²) >= 11 is 0. The van der Waals surface area contributed by atoms with Gasteiger partial charge in [-0.25, -0.2) is 4.98 Å². The molecule has 0 spiro atoms. The molecule has 28 heavy (non-hydrogen) atoms. The number of aromatic nitrogens is 2. The van der Waals surface area contributed by atoms with Crippen LogP contribution in [0.5, 0.6) is 5.75 Å². The molecule has 0 radical (unpaired) electrons. The van der Waals surface area contributed by atoms with Gasteiger partial charge in [0.15, 0.2) is 11.6 Å². The largest absolute Gasteiger partial charge is 0.482 e. The Morgan fingerprint density at radius 2 is 2.11 bits per heavy atom. The topological polar surface area (TPSA) is 111 Å². The number of ether oxygens (including phenoxy) is 1. The molecule has 5 N–H and O–H groups in total. The molecule has 0 bridgehead atoms. The van der Waals surface area contributed by atoms with E-state index in [0.717, 1.165) is 25.8 Å². The third-order valence-electron chi connectivity index (χ3n) is 4.16. The van der Waals surface area contributed by atoms with E-state index in [1.165, 1.54) is 5.56 Å². The van der Waals surface area contributed by atoms with Crippen LogP contribution < -0.4 is 21.5 Å². The second-order valence-corrected chi connectivity index (χ2v) is 6.59. The summed E-state index contributed by atoms with van der Waals surface area (Å²) < 4.78 is 5.72. The van der Waals surface area contributed by atoms with Crippen LogP contribution >= 0.6 is 0 Å². The van der Waals surface area contributed by atoms with Crippen LogP contribution in [0.15, 0.2) is 53.4 Å². The van der Waals surface area contributed by atoms with E-state index in [0.29, 0.717) is 23.2 Å². The number of aliphatic imine (C=N–C) groups is 1. The highest BCUT2D eigenvalue weighted by atomic mass is 16.5. The fourth-order valence-electron chi connectivity index (χ4n) is 2.48. The Balaban J connectivity index is 1.85. The van der Waals surface area contributed by atoms with E-state index >= 15 is 0 Å². The van der Waals surface area contributed by atoms with Crippen LogP contribution in [0.2, 0.25) is 0 Å². The average molecular weight is 383 g/mol. The lowest BCUT2D eigenvalue weighted by Gasteiger charge is -2.12. The maximum atomic E-state index is 5.99. The van der Waals surface area contributed by atoms with Gasteiger partial charge in [0.25, 0.3) is 0 Å². The molecule has 1 atom stereocenters. The molecule has 1 aromatic carbocycles. The van der Waals surface area contributed by atoms with Gasteiger partial charge < -0.3 is 21.5 Å². The van der Waals surface area contributed by atoms with E-state index < -0.39 is 0 Å². The van der Waals surface area contributed by atoms with Crippen molar-refractivity contribution in [3.63, 3.8) is 0 Å². The number of unbranched alkanes of at least 4 members (excludes halogenated alkanes) is 1. The van der Waals surface area contributed by atoms with Crippen molar-refractivity contribution < 1.29 is 4.74 Å². The molecule has 0 amide bonds. The molecule has 0 fully saturated rings. The fourth-order valence-corrected chi connectivity index (χ4v) is 2.48. The second-order valence-electron chi connectivity index (χ2n) is 6.59. The zero-order chi connectivity index (χ0) is 20.2. The number of hydrogen-bond acceptors (Lipinski definition) is 7. The van der Waals surface area contributed by atoms with Crippen LogP contribution in [-0.4, -0.2) is 29.3 Å². The maximum absolute atomic E-state index is 5.99. The molecule has 0 saturated heterocycles. The molecular formula is C21H30N6O. The van der Waals surface area contributed by atoms with Crippen molar-refractivity contribution in [1.82, 2.24) is 9.97 Å². The van der Waals surface area contributed by atoms with Crippen LogP contribution in [0.3, 0.4) is 0 Å². The summed E-state index contributed by atoms with van der Waals surface area (Å²) in [4.78, 5) is 12.5. The highest BCUT2D eigenvalue weighted by Gasteiger charge is 2.07. The summed E-state index contributed by atoms with van der Waals surface area (Å²) in [5, 5.41) is 3.21. The van der Waals surface area contributed by atoms with Gasteiger partial charge in [-0.1, -0.05) is 50.6 Å². The Hall–Kier alpha value is -3.09. The molecule has 7 nitrogen and oxygen atoms in total. The van der Waals surface area contributed by atoms with Crippen molar-refractivity contribution in [3.8, 4) is 5.75 Å². The lowest BCUT2D eigenvalue weighted by Crippen LogP contribution is -2.12. The predicted octanol–water partition coefficient (Wildman–Crippen LogP) is 3.71. The van der Waals surface area contributed by atoms with Crippen LogP contribution in [0.4, 0.5) is 11.8 Å². The fraction of sp³-hybridized carbons (Fsp3) is 0.381. The summed E-state index contributed by atoms with van der Waals surface area (Å²) in [5.41, 5.74) is 13.5. The Kier molecular flexibility index (Phi) is 8.78. The number of rotatable bonds is 11. The van der Waals surface area contributed by atoms with Crippen molar-refractivity contribution >= 4 is 18.0 Å². The number of benzene rings is 1. The van der Waals surface area contributed by atoms with Crippen molar-refractivity contribution in [3.05, 3.63) is 54.0 Å². The predicted molar refractivity (Wildman–Crippen MR) is 116 cm³/mol. The summed E-state index contributed by atoms with van der Waals surface area (Å²) in [6.45, 7) is 5.28. The SMILES string of the molecule is CCCCNc1nc(N)ncc1OC/C(N)=C/N=C\CC(C)c1ccccc1. The molecule has 0 aliphatic rings. The first-order valence-electron chi connectivity index (χ1n) is 9.60. The monoisotopic (exact) mass is 382 g/mol. The van der Waals surface area contributed by atoms with Gasteiger partial charge in [0.05, 0.1) is 11.9 Å². The van der Waals surface area contributed by atoms with Crippen LogP contribution in [-0.2, 0) is 0 Å². The maximum Gasteiger partial charge on any atom is 0.222 e. The minimum atomic E-state index is 0.196. The minimum absolute atomic E-state index is 0.196. The Bertz CT molecular complexity index is 776. The van der Waals surface area contributed by atoms with Gasteiger partial charge in [-0.2, -0.15) is 4.98 Å². The van der Waals surface area contributed by atoms with Crippen molar-refractivity contribution in [2.24, 2.45) is 10.7 Å². The lowest BCUT2D eigenvalue weighted by atomic mass is 9.99. The smallest absolute Gasteiger partial charge is 0.222 e. The van der Waals surface area contributed by atoms with Gasteiger partial charge in [0.2, 0.25) is 5.95 Å². The van der Waals surface area contributed by atoms with Crippen molar-refractivity contribution in [2.75, 3.05) is 24.2 Å². The zero-order valence-corrected chi connectivity index (χ0v) is 16.6. The normalized spacial score (nSPS) is 12.9. The summed E-state index contributed by atoms with van der Waals surface area (Å²) in [6.07, 6.45) is 7.98. The van der Waals surface area contributed by atoms with Crippen molar-refractivity contribution in [2.45, 2.75) is 39.0 Å². The Labute approximate surface area is 166 Å². The number of nitrogens with one attached hydrogen (secondary N) is 1. The van der Waals surface area contributed by atoms with E-state index in [1.54, 1.807) is 12.4 Å². The third kappa shape index (κ3) is 7.26. The highest BCUT2D eigenvalue weighted by molar-refractivity contribution is 5.59. The second kappa shape index (κ2) is 11.6. The molecule has 150 valence electrons. The summed E-state index contributed by atoms with van der Waals surface area (Å²) in [7, 11) is 0. The van der Waals surface area contributed by atoms with Crippen LogP contribution in [0, 0.1) is 0 Å². The summed E-state index contributed by atoms with van der Waals surface area (Å²) in [6, 6.07) is 10.4. The average Bonchev–Trinajstić information content (AvgIpc) is 2.71. The Morgan fingerprint density at radius 3 is 2.86 bits per heavy atom. The van der Waals surface area contributed by atoms with E-state index in [-0.39, 0.29) is 12.6 Å². The number of anilines is 2. The molecule has 0 aliphatic carbocycles. The van der Waals surface area contributed by atoms with E-state index in [2.05, 4.69) is 46.3 Å². The summed E-state index contributed by atoms with van der Waals surface area (Å²) in [5.74, 6) is 1.70. The zero-order valence-electron chi connectivity index (χ0n) is 16.6. The number of nitrogen functional groups attached to an aromatic ring is 1. The first-order valence-corrected chi connectivity index (χ1v) is 9.60. The van der Waals surface area contributed by atoms with Gasteiger partial charge in [-0.15, -0.1) is 0 Å². The molecule has 0 aliphatic heterocycles. The molecule has 2 rings (SSSR count). The molecule has 1 heterocycles. The number of nitrogens with zero attached hydrogens (tertiary/aromatic N) is 3. The number of hydrogen-bond donors (Lipinski definition) is 3. The van der Waals surface area contributed by atoms with Gasteiger partial charge in [-0.3, -0.25) is 4.99 Å². The molecule has 2 aromatic rings. The van der Waals surface area contributed by atoms with Gasteiger partial charge in [0, 0.05) is 19.0 Å². The molecular weight excluding hydrogens is 352 g/mol. The van der Waals surface area contributed by atoms with Gasteiger partial charge >= 0.3 is 0 Å². The van der Waals surface area contributed by atoms with E-state index in [4.69, 9.17) is 16.2 Å². The highest BCUT2D eigenvalue weighted by Crippen LogP contribution is 2.22. The molecule has 7 heteroatoms. The van der Waals surface area contributed by atoms with Crippen molar-refractivity contribution in [1.29, 1.82) is 0 Å². The standard InChI is InChI=1S/C21H30N6O/c1-3-4-11-25-20-19(14-26-21(23)27-20)28-15-18(22)13-24-12-10-16(2)17-8-6-5-7-9-17/h5-9,12-14,16H,3-4,10-11,15,22H2,1-2H3,(H3,23,25,26,27)/b18-13-,24-12-. The van der Waals surface area contributed by atoms with E-state index in [1.807, 2.05) is 24.4 Å². The van der Waals surface area contributed by atoms with Crippen LogP contribution in [0.1, 0.15) is 44.6 Å². The van der Waals surface area contributed by atoms with Crippen LogP contribution in [0.25, 0.3) is 0 Å². The minimum Gasteiger partial charge on any atom is -0.482 e. The first kappa shape index (κ1) is 21.2. The third-order valence-corrected chi connectivity index (χ3v) is 4.16. The first-order chi connectivity index (χ1) is 13.6. The Morgan fingerprint density at radius 1 is 1.32 bits per heavy atom. The van der Waals surface area contributed by atoms with E-state index in [9.17, 15) is 0 Å².